The molecule has 3 saturated carbocycles. The Bertz CT molecular complexity index is 2310. The van der Waals surface area contributed by atoms with Crippen molar-refractivity contribution >= 4 is 50.8 Å². The third-order valence-corrected chi connectivity index (χ3v) is 16.9. The molecule has 7 aliphatic rings. The summed E-state index contributed by atoms with van der Waals surface area (Å²) >= 11 is 0. The maximum Gasteiger partial charge on any atom is 0.408 e. The molecule has 2 aromatic rings. The van der Waals surface area contributed by atoms with Gasteiger partial charge in [-0.2, -0.15) is 0 Å². The van der Waals surface area contributed by atoms with Crippen LogP contribution in [0.25, 0.3) is 17.0 Å². The van der Waals surface area contributed by atoms with Crippen molar-refractivity contribution in [2.24, 2.45) is 11.8 Å². The summed E-state index contributed by atoms with van der Waals surface area (Å²) in [7, 11) is -1.86. The molecule has 0 unspecified atom stereocenters. The Balaban J connectivity index is 1.04. The monoisotopic (exact) mass is 915 g/mol. The van der Waals surface area contributed by atoms with Crippen molar-refractivity contribution in [3.05, 3.63) is 48.1 Å². The molecular weight excluding hydrogens is 851 g/mol. The first kappa shape index (κ1) is 45.4. The third kappa shape index (κ3) is 10.2. The van der Waals surface area contributed by atoms with E-state index in [9.17, 15) is 27.6 Å². The topological polar surface area (TPSA) is 189 Å². The molecule has 7 atom stereocenters. The Labute approximate surface area is 382 Å². The van der Waals surface area contributed by atoms with Crippen molar-refractivity contribution in [3.8, 4) is 11.6 Å². The second-order valence-electron chi connectivity index (χ2n) is 19.7. The lowest BCUT2D eigenvalue weighted by atomic mass is 10.0. The summed E-state index contributed by atoms with van der Waals surface area (Å²) in [5.41, 5.74) is -0.171. The number of benzene rings is 1. The minimum absolute atomic E-state index is 0.0109. The molecule has 2 saturated heterocycles. The zero-order valence-corrected chi connectivity index (χ0v) is 38.6. The molecule has 17 heteroatoms. The lowest BCUT2D eigenvalue weighted by molar-refractivity contribution is -0.141. The minimum atomic E-state index is -4.01. The summed E-state index contributed by atoms with van der Waals surface area (Å²) in [6.45, 7) is 7.13. The number of hydrogen-bond donors (Lipinski definition) is 3. The molecule has 0 radical (unpaired) electrons. The maximum atomic E-state index is 14.9. The van der Waals surface area contributed by atoms with E-state index in [-0.39, 0.29) is 31.4 Å². The van der Waals surface area contributed by atoms with Gasteiger partial charge in [0.1, 0.15) is 35.6 Å². The second-order valence-corrected chi connectivity index (χ2v) is 21.9. The third-order valence-electron chi connectivity index (χ3n) is 14.7. The van der Waals surface area contributed by atoms with Crippen molar-refractivity contribution in [1.82, 2.24) is 35.0 Å². The smallest absolute Gasteiger partial charge is 0.408 e. The number of piperazine rings is 1. The molecule has 0 spiro atoms. The van der Waals surface area contributed by atoms with Gasteiger partial charge in [0.25, 0.3) is 5.91 Å². The molecule has 3 N–H and O–H groups in total. The van der Waals surface area contributed by atoms with E-state index in [2.05, 4.69) is 38.3 Å². The fourth-order valence-corrected chi connectivity index (χ4v) is 11.2. The van der Waals surface area contributed by atoms with Crippen LogP contribution >= 0.6 is 0 Å². The quantitative estimate of drug-likeness (QED) is 0.246. The SMILES string of the molecule is CN1CCN(CCCOc2c3c(nc4ccccc24)O[C@@H]2C[C@H]4C(=O)N[C@]5(C(=O)NS(=O)(=O)C6(C)CC6)C[C@@H]5/C=C\CCCCC[C@H](NC(=O)O[C@@H]5C[C@H]5CCC/C=C/3)C(=O)N4C2)CC1. The van der Waals surface area contributed by atoms with Crippen molar-refractivity contribution < 1.29 is 41.8 Å². The number of sulfonamides is 1. The summed E-state index contributed by atoms with van der Waals surface area (Å²) in [6, 6.07) is 5.69. The molecule has 352 valence electrons. The number of nitrogens with zero attached hydrogens (tertiary/aromatic N) is 4. The fraction of sp³-hybridized carbons (Fsp3) is 0.646. The molecule has 5 heterocycles. The minimum Gasteiger partial charge on any atom is -0.492 e. The lowest BCUT2D eigenvalue weighted by Gasteiger charge is -2.32. The summed E-state index contributed by atoms with van der Waals surface area (Å²) in [4.78, 5) is 68.4. The maximum absolute atomic E-state index is 14.9. The number of nitrogens with one attached hydrogen (secondary N) is 3. The van der Waals surface area contributed by atoms with Gasteiger partial charge < -0.3 is 39.5 Å². The van der Waals surface area contributed by atoms with E-state index in [1.807, 2.05) is 42.5 Å². The van der Waals surface area contributed by atoms with Crippen LogP contribution < -0.4 is 24.8 Å². The molecule has 16 nitrogen and oxygen atoms in total. The predicted molar refractivity (Wildman–Crippen MR) is 244 cm³/mol. The number of allylic oxidation sites excluding steroid dienone is 2. The van der Waals surface area contributed by atoms with E-state index >= 15 is 0 Å². The van der Waals surface area contributed by atoms with Crippen LogP contribution in [0.2, 0.25) is 0 Å². The summed E-state index contributed by atoms with van der Waals surface area (Å²) in [5, 5.41) is 6.67. The highest BCUT2D eigenvalue weighted by Gasteiger charge is 2.63. The van der Waals surface area contributed by atoms with Crippen LogP contribution in [0.4, 0.5) is 4.79 Å². The average molecular weight is 916 g/mol. The number of ether oxygens (including phenoxy) is 3. The number of likely N-dealkylation sites (N-methyl/N-ethyl adjacent to an activating group) is 1. The van der Waals surface area contributed by atoms with Gasteiger partial charge in [0, 0.05) is 50.4 Å². The van der Waals surface area contributed by atoms with Gasteiger partial charge in [0.2, 0.25) is 27.7 Å². The first-order valence-electron chi connectivity index (χ1n) is 24.0. The van der Waals surface area contributed by atoms with Crippen molar-refractivity contribution in [2.45, 2.75) is 131 Å². The molecule has 9 rings (SSSR count). The standard InChI is InChI=1S/C48H65N7O9S/c1-47(20-21-47)65(60,61)52-45(58)48-30-33(48)15-8-4-3-5-10-19-38-44(57)55-31-34(29-39(55)42(56)51-48)63-43-36(17-9-6-7-14-32-28-40(32)64-46(59)50-38)41(35-16-11-12-18-37(35)49-43)62-27-13-22-54-25-23-53(2)24-26-54/h8-9,11-12,15-18,32-34,38-40H,3-7,10,13-14,19-31H2,1-2H3,(H,50,59)(H,51,56)(H,52,58)/b15-8-,17-9+/t32-,33+,34-,38+,39+,40-,48-/m1/s1. The number of aromatic nitrogens is 1. The number of para-hydroxylation sites is 1. The second kappa shape index (κ2) is 18.9. The van der Waals surface area contributed by atoms with E-state index in [0.29, 0.717) is 61.4 Å². The van der Waals surface area contributed by atoms with E-state index < -0.39 is 68.2 Å². The van der Waals surface area contributed by atoms with Gasteiger partial charge >= 0.3 is 6.09 Å². The predicted octanol–water partition coefficient (Wildman–Crippen LogP) is 4.67. The van der Waals surface area contributed by atoms with Crippen molar-refractivity contribution in [3.63, 3.8) is 0 Å². The van der Waals surface area contributed by atoms with Gasteiger partial charge in [-0.05, 0) is 109 Å². The number of carbonyl (C=O) groups is 4. The molecule has 1 aromatic carbocycles. The Morgan fingerprint density at radius 3 is 2.60 bits per heavy atom. The van der Waals surface area contributed by atoms with Crippen LogP contribution in [0.5, 0.6) is 11.6 Å². The zero-order chi connectivity index (χ0) is 45.3. The van der Waals surface area contributed by atoms with Crippen LogP contribution in [0, 0.1) is 11.8 Å². The van der Waals surface area contributed by atoms with Gasteiger partial charge in [0.05, 0.1) is 29.0 Å². The Morgan fingerprint density at radius 1 is 0.985 bits per heavy atom. The van der Waals surface area contributed by atoms with Crippen molar-refractivity contribution in [2.75, 3.05) is 52.9 Å². The summed E-state index contributed by atoms with van der Waals surface area (Å²) in [5.74, 6) is -1.08. The molecule has 4 amide bonds. The summed E-state index contributed by atoms with van der Waals surface area (Å²) < 4.78 is 47.3. The first-order chi connectivity index (χ1) is 31.3. The first-order valence-corrected chi connectivity index (χ1v) is 25.4. The van der Waals surface area contributed by atoms with E-state index in [0.717, 1.165) is 83.1 Å². The highest BCUT2D eigenvalue weighted by Crippen LogP contribution is 2.48. The number of rotatable bonds is 8. The average Bonchev–Trinajstić information content (AvgIpc) is 4.24. The number of carbonyl (C=O) groups excluding carboxylic acids is 4. The highest BCUT2D eigenvalue weighted by atomic mass is 32.2. The molecule has 1 aromatic heterocycles. The van der Waals surface area contributed by atoms with Gasteiger partial charge in [-0.3, -0.25) is 19.1 Å². The number of pyridine rings is 1. The Morgan fingerprint density at radius 2 is 1.78 bits per heavy atom. The lowest BCUT2D eigenvalue weighted by Crippen LogP contribution is -2.58. The van der Waals surface area contributed by atoms with E-state index in [1.54, 1.807) is 6.92 Å². The van der Waals surface area contributed by atoms with Crippen LogP contribution in [0.3, 0.4) is 0 Å². The molecule has 4 aliphatic heterocycles. The van der Waals surface area contributed by atoms with Gasteiger partial charge in [-0.1, -0.05) is 43.2 Å². The van der Waals surface area contributed by atoms with Crippen molar-refractivity contribution in [1.29, 1.82) is 0 Å². The Hall–Kier alpha value is -4.74. The largest absolute Gasteiger partial charge is 0.492 e. The normalized spacial score (nSPS) is 32.0. The Kier molecular flexibility index (Phi) is 13.2. The molecule has 65 heavy (non-hydrogen) atoms. The fourth-order valence-electron chi connectivity index (χ4n) is 9.89. The number of alkyl carbamates (subject to hydrolysis) is 1. The zero-order valence-electron chi connectivity index (χ0n) is 37.8. The number of fused-ring (bicyclic) bond motifs is 6. The number of amides is 4. The van der Waals surface area contributed by atoms with Crippen LogP contribution in [0.1, 0.15) is 102 Å². The number of hydrogen-bond acceptors (Lipinski definition) is 12. The van der Waals surface area contributed by atoms with Crippen LogP contribution in [0.15, 0.2) is 42.5 Å². The van der Waals surface area contributed by atoms with Crippen LogP contribution in [-0.4, -0.2) is 139 Å². The highest BCUT2D eigenvalue weighted by molar-refractivity contribution is 7.91. The van der Waals surface area contributed by atoms with Gasteiger partial charge in [0.15, 0.2) is 0 Å². The molecular formula is C48H65N7O9S. The van der Waals surface area contributed by atoms with Gasteiger partial charge in [-0.15, -0.1) is 0 Å². The summed E-state index contributed by atoms with van der Waals surface area (Å²) in [6.07, 6.45) is 14.9. The van der Waals surface area contributed by atoms with Crippen LogP contribution in [-0.2, 0) is 29.1 Å². The molecule has 3 aliphatic carbocycles. The molecule has 5 fully saturated rings. The van der Waals surface area contributed by atoms with Gasteiger partial charge in [-0.25, -0.2) is 18.2 Å². The van der Waals surface area contributed by atoms with E-state index in [1.165, 1.54) is 4.90 Å². The van der Waals surface area contributed by atoms with E-state index in [4.69, 9.17) is 19.2 Å². The molecule has 3 bridgehead atoms.